The van der Waals surface area contributed by atoms with Crippen LogP contribution in [0.5, 0.6) is 0 Å². The van der Waals surface area contributed by atoms with Crippen LogP contribution < -0.4 is 31.1 Å². The zero-order chi connectivity index (χ0) is 61.7. The smallest absolute Gasteiger partial charge is 0.252 e. The summed E-state index contributed by atoms with van der Waals surface area (Å²) in [6.45, 7) is 32.5. The van der Waals surface area contributed by atoms with Gasteiger partial charge in [-0.25, -0.2) is 0 Å². The highest BCUT2D eigenvalue weighted by molar-refractivity contribution is 7.25. The summed E-state index contributed by atoms with van der Waals surface area (Å²) in [5.41, 5.74) is 30.5. The number of hydrogen-bond donors (Lipinski definition) is 0. The minimum absolute atomic E-state index is 0.0167. The van der Waals surface area contributed by atoms with Crippen LogP contribution in [-0.2, 0) is 16.2 Å². The third kappa shape index (κ3) is 9.23. The van der Waals surface area contributed by atoms with Crippen LogP contribution in [0.1, 0.15) is 107 Å². The predicted octanol–water partition coefficient (Wildman–Crippen LogP) is 21.8. The van der Waals surface area contributed by atoms with Gasteiger partial charge in [-0.1, -0.05) is 178 Å². The van der Waals surface area contributed by atoms with Gasteiger partial charge in [-0.3, -0.25) is 0 Å². The standard InChI is InChI=1S/C83H77BN4S/c1-50-40-74-78-75(41-50)88(80-51(2)42-56(43-52(80)3)55-28-36-67-66-25-19-21-27-76(66)89-77(67)46-55)73-49-63(35-39-69(73)84(78)68-38-31-58(82(9,10)11)47-72(68)87(74)61-32-29-57(30-33-61)81(6,7)8)85(79-53(4)44-59(45-54(79)5)83(12,13)14)62-34-37-65-64-24-18-20-26-70(64)86(71(65)48-62)60-22-16-15-17-23-60/h15-49H,1-14H3. The van der Waals surface area contributed by atoms with E-state index in [1.54, 1.807) is 0 Å². The van der Waals surface area contributed by atoms with E-state index in [2.05, 4.69) is 329 Å². The van der Waals surface area contributed by atoms with Crippen LogP contribution in [0.25, 0.3) is 58.8 Å². The molecule has 0 amide bonds. The van der Waals surface area contributed by atoms with Gasteiger partial charge in [0.05, 0.1) is 22.4 Å². The Kier molecular flexibility index (Phi) is 13.0. The van der Waals surface area contributed by atoms with E-state index in [9.17, 15) is 0 Å². The molecule has 4 heterocycles. The first-order valence-electron chi connectivity index (χ1n) is 31.8. The molecule has 2 aliphatic rings. The van der Waals surface area contributed by atoms with Crippen molar-refractivity contribution >= 4 is 128 Å². The fourth-order valence-electron chi connectivity index (χ4n) is 14.8. The van der Waals surface area contributed by atoms with Crippen molar-refractivity contribution < 1.29 is 0 Å². The lowest BCUT2D eigenvalue weighted by molar-refractivity contribution is 0.589. The number of nitrogens with zero attached hydrogens (tertiary/aromatic N) is 4. The Labute approximate surface area is 530 Å². The van der Waals surface area contributed by atoms with Gasteiger partial charge in [-0.15, -0.1) is 11.3 Å². The number of aryl methyl sites for hydroxylation is 5. The van der Waals surface area contributed by atoms with Crippen molar-refractivity contribution in [1.29, 1.82) is 0 Å². The molecular weight excluding hydrogens is 1100 g/mol. The first-order valence-corrected chi connectivity index (χ1v) is 32.6. The fourth-order valence-corrected chi connectivity index (χ4v) is 16.0. The van der Waals surface area contributed by atoms with Crippen LogP contribution in [0, 0.1) is 34.6 Å². The summed E-state index contributed by atoms with van der Waals surface area (Å²) >= 11 is 1.88. The van der Waals surface area contributed by atoms with Gasteiger partial charge in [0.15, 0.2) is 0 Å². The van der Waals surface area contributed by atoms with Gasteiger partial charge in [0, 0.05) is 76.4 Å². The molecule has 0 atom stereocenters. The average molecular weight is 1170 g/mol. The van der Waals surface area contributed by atoms with Crippen LogP contribution in [-0.4, -0.2) is 11.3 Å². The molecule has 0 N–H and O–H groups in total. The van der Waals surface area contributed by atoms with Crippen LogP contribution >= 0.6 is 11.3 Å². The highest BCUT2D eigenvalue weighted by Crippen LogP contribution is 2.51. The quantitative estimate of drug-likeness (QED) is 0.148. The monoisotopic (exact) mass is 1170 g/mol. The number of aromatic nitrogens is 1. The molecule has 15 rings (SSSR count). The summed E-state index contributed by atoms with van der Waals surface area (Å²) in [4.78, 5) is 7.82. The molecule has 0 saturated carbocycles. The van der Waals surface area contributed by atoms with Gasteiger partial charge in [0.1, 0.15) is 0 Å². The van der Waals surface area contributed by atoms with E-state index >= 15 is 0 Å². The number of thiophene rings is 1. The Bertz CT molecular complexity index is 4990. The van der Waals surface area contributed by atoms with E-state index in [1.807, 2.05) is 11.3 Å². The molecule has 0 aliphatic carbocycles. The Balaban J connectivity index is 1.00. The summed E-state index contributed by atoms with van der Waals surface area (Å²) in [6, 6.07) is 81.7. The molecule has 0 fully saturated rings. The largest absolute Gasteiger partial charge is 0.311 e. The maximum absolute atomic E-state index is 2.66. The zero-order valence-electron chi connectivity index (χ0n) is 54.0. The molecule has 89 heavy (non-hydrogen) atoms. The maximum atomic E-state index is 2.66. The summed E-state index contributed by atoms with van der Waals surface area (Å²) < 4.78 is 5.09. The van der Waals surface area contributed by atoms with E-state index in [-0.39, 0.29) is 23.0 Å². The molecule has 0 bridgehead atoms. The number of hydrogen-bond acceptors (Lipinski definition) is 4. The van der Waals surface area contributed by atoms with E-state index in [4.69, 9.17) is 0 Å². The van der Waals surface area contributed by atoms with Gasteiger partial charge >= 0.3 is 0 Å². The number of fused-ring (bicyclic) bond motifs is 10. The molecule has 13 aromatic rings. The minimum Gasteiger partial charge on any atom is -0.311 e. The van der Waals surface area contributed by atoms with Crippen molar-refractivity contribution in [3.8, 4) is 16.8 Å². The lowest BCUT2D eigenvalue weighted by atomic mass is 9.33. The fraction of sp³-hybridized carbons (Fsp3) is 0.205. The van der Waals surface area contributed by atoms with Crippen molar-refractivity contribution in [3.63, 3.8) is 0 Å². The minimum atomic E-state index is -0.0703. The zero-order valence-corrected chi connectivity index (χ0v) is 54.8. The summed E-state index contributed by atoms with van der Waals surface area (Å²) in [6.07, 6.45) is 0. The molecule has 0 spiro atoms. The van der Waals surface area contributed by atoms with Crippen LogP contribution in [0.15, 0.2) is 212 Å². The van der Waals surface area contributed by atoms with Gasteiger partial charge in [-0.2, -0.15) is 0 Å². The number of rotatable bonds is 7. The summed E-state index contributed by atoms with van der Waals surface area (Å²) in [7, 11) is 0. The molecular formula is C83H77BN4S. The van der Waals surface area contributed by atoms with E-state index < -0.39 is 0 Å². The van der Waals surface area contributed by atoms with Gasteiger partial charge < -0.3 is 19.3 Å². The Morgan fingerprint density at radius 2 is 0.921 bits per heavy atom. The molecule has 6 heteroatoms. The highest BCUT2D eigenvalue weighted by Gasteiger charge is 2.45. The number of anilines is 9. The molecule has 0 radical (unpaired) electrons. The van der Waals surface area contributed by atoms with Crippen molar-refractivity contribution in [2.24, 2.45) is 0 Å². The first-order chi connectivity index (χ1) is 42.6. The normalized spacial score (nSPS) is 13.2. The van der Waals surface area contributed by atoms with Gasteiger partial charge in [0.25, 0.3) is 6.71 Å². The molecule has 4 nitrogen and oxygen atoms in total. The predicted molar refractivity (Wildman–Crippen MR) is 388 cm³/mol. The van der Waals surface area contributed by atoms with Crippen molar-refractivity contribution in [3.05, 3.63) is 257 Å². The molecule has 2 aromatic heterocycles. The van der Waals surface area contributed by atoms with Crippen LogP contribution in [0.2, 0.25) is 0 Å². The van der Waals surface area contributed by atoms with Crippen molar-refractivity contribution in [2.75, 3.05) is 14.7 Å². The lowest BCUT2D eigenvalue weighted by Gasteiger charge is -2.45. The highest BCUT2D eigenvalue weighted by atomic mass is 32.1. The average Bonchev–Trinajstić information content (AvgIpc) is 1.33. The van der Waals surface area contributed by atoms with Gasteiger partial charge in [0.2, 0.25) is 0 Å². The van der Waals surface area contributed by atoms with E-state index in [1.165, 1.54) is 154 Å². The Morgan fingerprint density at radius 1 is 0.371 bits per heavy atom. The SMILES string of the molecule is Cc1cc2c3c(c1)N(c1c(C)cc(-c4ccc5c(c4)sc4ccccc45)cc1C)c1cc(N(c4ccc5c6ccccc6n(-c6ccccc6)c5c4)c4c(C)cc(C(C)(C)C)cc4C)ccc1B3c1ccc(C(C)(C)C)cc1N2c1ccc(C(C)(C)C)cc1. The topological polar surface area (TPSA) is 14.7 Å². The van der Waals surface area contributed by atoms with E-state index in [0.29, 0.717) is 0 Å². The molecule has 438 valence electrons. The van der Waals surface area contributed by atoms with Crippen molar-refractivity contribution in [2.45, 2.75) is 113 Å². The van der Waals surface area contributed by atoms with Crippen molar-refractivity contribution in [1.82, 2.24) is 4.57 Å². The Morgan fingerprint density at radius 3 is 1.61 bits per heavy atom. The lowest BCUT2D eigenvalue weighted by Crippen LogP contribution is -2.61. The molecule has 2 aliphatic heterocycles. The summed E-state index contributed by atoms with van der Waals surface area (Å²) in [5, 5.41) is 5.11. The second-order valence-corrected chi connectivity index (χ2v) is 29.7. The molecule has 0 saturated heterocycles. The van der Waals surface area contributed by atoms with E-state index in [0.717, 1.165) is 17.1 Å². The van der Waals surface area contributed by atoms with Crippen LogP contribution in [0.4, 0.5) is 51.2 Å². The number of benzene rings is 11. The first kappa shape index (κ1) is 56.4. The Hall–Kier alpha value is -9.10. The third-order valence-corrected chi connectivity index (χ3v) is 20.4. The number of para-hydroxylation sites is 2. The van der Waals surface area contributed by atoms with Gasteiger partial charge in [-0.05, 0) is 220 Å². The second-order valence-electron chi connectivity index (χ2n) is 28.6. The maximum Gasteiger partial charge on any atom is 0.252 e. The second kappa shape index (κ2) is 20.5. The molecule has 0 unspecified atom stereocenters. The third-order valence-electron chi connectivity index (χ3n) is 19.3. The summed E-state index contributed by atoms with van der Waals surface area (Å²) in [5.74, 6) is 0. The van der Waals surface area contributed by atoms with Crippen LogP contribution in [0.3, 0.4) is 0 Å². The molecule has 11 aromatic carbocycles.